The normalized spacial score (nSPS) is 38.2. The van der Waals surface area contributed by atoms with Gasteiger partial charge in [0.25, 0.3) is 0 Å². The monoisotopic (exact) mass is 115 g/mol. The first-order chi connectivity index (χ1) is 3.83. The Morgan fingerprint density at radius 3 is 2.50 bits per heavy atom. The van der Waals surface area contributed by atoms with E-state index in [2.05, 4.69) is 0 Å². The van der Waals surface area contributed by atoms with Crippen LogP contribution in [0.4, 0.5) is 0 Å². The molecule has 0 unspecified atom stereocenters. The number of rotatable bonds is 1. The van der Waals surface area contributed by atoms with Gasteiger partial charge in [-0.3, -0.25) is 0 Å². The van der Waals surface area contributed by atoms with Gasteiger partial charge in [-0.25, -0.2) is 0 Å². The van der Waals surface area contributed by atoms with Gasteiger partial charge in [-0.05, 0) is 31.7 Å². The number of aliphatic hydroxyl groups excluding tert-OH is 1. The average molecular weight is 115 g/mol. The molecule has 8 heavy (non-hydrogen) atoms. The Kier molecular flexibility index (Phi) is 1.86. The average Bonchev–Trinajstić information content (AvgIpc) is 2.14. The number of nitrogens with two attached hydrogens (primary N) is 1. The molecule has 2 atom stereocenters. The van der Waals surface area contributed by atoms with Crippen LogP contribution < -0.4 is 5.73 Å². The Balaban J connectivity index is 2.22. The highest BCUT2D eigenvalue weighted by molar-refractivity contribution is 4.74. The van der Waals surface area contributed by atoms with Crippen molar-refractivity contribution in [3.8, 4) is 0 Å². The largest absolute Gasteiger partial charge is 0.393 e. The van der Waals surface area contributed by atoms with Gasteiger partial charge in [0.15, 0.2) is 0 Å². The van der Waals surface area contributed by atoms with Gasteiger partial charge in [0, 0.05) is 0 Å². The van der Waals surface area contributed by atoms with Crippen LogP contribution in [0.5, 0.6) is 0 Å². The Hall–Kier alpha value is -0.0800. The fourth-order valence-electron chi connectivity index (χ4n) is 1.26. The van der Waals surface area contributed by atoms with Crippen molar-refractivity contribution in [2.75, 3.05) is 6.54 Å². The number of aliphatic hydroxyl groups is 1. The second-order valence-corrected chi connectivity index (χ2v) is 2.57. The van der Waals surface area contributed by atoms with E-state index < -0.39 is 0 Å². The third-order valence-electron chi connectivity index (χ3n) is 1.85. The van der Waals surface area contributed by atoms with E-state index in [1.807, 2.05) is 0 Å². The van der Waals surface area contributed by atoms with E-state index in [0.717, 1.165) is 25.8 Å². The third-order valence-corrected chi connectivity index (χ3v) is 1.85. The Morgan fingerprint density at radius 1 is 1.50 bits per heavy atom. The zero-order chi connectivity index (χ0) is 5.98. The van der Waals surface area contributed by atoms with Gasteiger partial charge in [0.1, 0.15) is 0 Å². The Bertz CT molecular complexity index is 74.9. The van der Waals surface area contributed by atoms with Crippen molar-refractivity contribution in [3.63, 3.8) is 0 Å². The predicted molar refractivity (Wildman–Crippen MR) is 32.4 cm³/mol. The van der Waals surface area contributed by atoms with Crippen LogP contribution in [0.1, 0.15) is 19.3 Å². The van der Waals surface area contributed by atoms with E-state index in [1.54, 1.807) is 0 Å². The van der Waals surface area contributed by atoms with E-state index in [0.29, 0.717) is 5.92 Å². The fraction of sp³-hybridized carbons (Fsp3) is 1.00. The smallest absolute Gasteiger partial charge is 0.0543 e. The molecule has 0 aromatic rings. The summed E-state index contributed by atoms with van der Waals surface area (Å²) in [7, 11) is 0. The molecule has 0 aliphatic heterocycles. The molecule has 1 saturated carbocycles. The summed E-state index contributed by atoms with van der Waals surface area (Å²) in [6.45, 7) is 0.747. The topological polar surface area (TPSA) is 46.2 Å². The summed E-state index contributed by atoms with van der Waals surface area (Å²) in [6.07, 6.45) is 2.96. The maximum Gasteiger partial charge on any atom is 0.0543 e. The zero-order valence-corrected chi connectivity index (χ0v) is 5.01. The van der Waals surface area contributed by atoms with E-state index >= 15 is 0 Å². The van der Waals surface area contributed by atoms with Crippen LogP contribution in [-0.2, 0) is 0 Å². The molecule has 0 radical (unpaired) electrons. The second-order valence-electron chi connectivity index (χ2n) is 2.57. The minimum Gasteiger partial charge on any atom is -0.393 e. The lowest BCUT2D eigenvalue weighted by Gasteiger charge is -2.01. The van der Waals surface area contributed by atoms with Crippen LogP contribution in [0, 0.1) is 5.92 Å². The van der Waals surface area contributed by atoms with Crippen LogP contribution in [0.25, 0.3) is 0 Å². The first-order valence-corrected chi connectivity index (χ1v) is 3.21. The molecule has 0 spiro atoms. The van der Waals surface area contributed by atoms with Gasteiger partial charge in [0.05, 0.1) is 6.10 Å². The van der Waals surface area contributed by atoms with Gasteiger partial charge in [-0.2, -0.15) is 0 Å². The molecule has 1 aliphatic carbocycles. The molecule has 0 aromatic carbocycles. The molecule has 0 heterocycles. The van der Waals surface area contributed by atoms with Crippen molar-refractivity contribution in [2.45, 2.75) is 25.4 Å². The van der Waals surface area contributed by atoms with Gasteiger partial charge < -0.3 is 10.8 Å². The van der Waals surface area contributed by atoms with Crippen LogP contribution in [0.15, 0.2) is 0 Å². The molecule has 0 amide bonds. The summed E-state index contributed by atoms with van der Waals surface area (Å²) >= 11 is 0. The van der Waals surface area contributed by atoms with Gasteiger partial charge in [-0.15, -0.1) is 0 Å². The van der Waals surface area contributed by atoms with E-state index in [4.69, 9.17) is 10.8 Å². The molecule has 2 heteroatoms. The van der Waals surface area contributed by atoms with Crippen LogP contribution in [0.2, 0.25) is 0 Å². The van der Waals surface area contributed by atoms with Crippen molar-refractivity contribution < 1.29 is 5.11 Å². The summed E-state index contributed by atoms with van der Waals surface area (Å²) in [5.74, 6) is 0.602. The summed E-state index contributed by atoms with van der Waals surface area (Å²) < 4.78 is 0. The van der Waals surface area contributed by atoms with Crippen LogP contribution >= 0.6 is 0 Å². The molecule has 0 saturated heterocycles. The maximum atomic E-state index is 8.98. The summed E-state index contributed by atoms with van der Waals surface area (Å²) in [5, 5.41) is 8.98. The van der Waals surface area contributed by atoms with Crippen LogP contribution in [-0.4, -0.2) is 17.8 Å². The molecule has 1 rings (SSSR count). The zero-order valence-electron chi connectivity index (χ0n) is 5.01. The highest BCUT2D eigenvalue weighted by Crippen LogP contribution is 2.23. The number of hydrogen-bond donors (Lipinski definition) is 2. The molecule has 2 nitrogen and oxygen atoms in total. The highest BCUT2D eigenvalue weighted by Gasteiger charge is 2.20. The molecule has 48 valence electrons. The lowest BCUT2D eigenvalue weighted by atomic mass is 10.1. The Labute approximate surface area is 49.7 Å². The minimum atomic E-state index is -0.0523. The molecule has 3 N–H and O–H groups in total. The predicted octanol–water partition coefficient (Wildman–Crippen LogP) is 0.106. The molecule has 1 aliphatic rings. The van der Waals surface area contributed by atoms with E-state index in [1.165, 1.54) is 0 Å². The number of hydrogen-bond acceptors (Lipinski definition) is 2. The SMILES string of the molecule is NC[C@H]1CC[C@H](O)C1. The van der Waals surface area contributed by atoms with E-state index in [9.17, 15) is 0 Å². The lowest BCUT2D eigenvalue weighted by molar-refractivity contribution is 0.178. The third kappa shape index (κ3) is 1.20. The standard InChI is InChI=1S/C6H13NO/c7-4-5-1-2-6(8)3-5/h5-6,8H,1-4,7H2/t5-,6-/m0/s1. The van der Waals surface area contributed by atoms with Crippen molar-refractivity contribution in [2.24, 2.45) is 11.7 Å². The molecule has 0 bridgehead atoms. The van der Waals surface area contributed by atoms with Gasteiger partial charge in [0.2, 0.25) is 0 Å². The Morgan fingerprint density at radius 2 is 2.25 bits per heavy atom. The van der Waals surface area contributed by atoms with Crippen molar-refractivity contribution in [1.82, 2.24) is 0 Å². The fourth-order valence-corrected chi connectivity index (χ4v) is 1.26. The maximum absolute atomic E-state index is 8.98. The van der Waals surface area contributed by atoms with Gasteiger partial charge >= 0.3 is 0 Å². The van der Waals surface area contributed by atoms with Gasteiger partial charge in [-0.1, -0.05) is 0 Å². The first-order valence-electron chi connectivity index (χ1n) is 3.21. The molecular weight excluding hydrogens is 102 g/mol. The summed E-state index contributed by atoms with van der Waals surface area (Å²) in [5.41, 5.74) is 5.38. The van der Waals surface area contributed by atoms with E-state index in [-0.39, 0.29) is 6.10 Å². The summed E-state index contributed by atoms with van der Waals surface area (Å²) in [4.78, 5) is 0. The lowest BCUT2D eigenvalue weighted by Crippen LogP contribution is -2.11. The summed E-state index contributed by atoms with van der Waals surface area (Å²) in [6, 6.07) is 0. The molecular formula is C6H13NO. The highest BCUT2D eigenvalue weighted by atomic mass is 16.3. The first kappa shape index (κ1) is 6.05. The van der Waals surface area contributed by atoms with Crippen molar-refractivity contribution in [1.29, 1.82) is 0 Å². The minimum absolute atomic E-state index is 0.0523. The molecule has 0 aromatic heterocycles. The quantitative estimate of drug-likeness (QED) is 0.509. The second kappa shape index (κ2) is 2.46. The molecule has 1 fully saturated rings. The van der Waals surface area contributed by atoms with Crippen molar-refractivity contribution in [3.05, 3.63) is 0 Å². The van der Waals surface area contributed by atoms with Crippen LogP contribution in [0.3, 0.4) is 0 Å². The van der Waals surface area contributed by atoms with Crippen molar-refractivity contribution >= 4 is 0 Å².